The van der Waals surface area contributed by atoms with Gasteiger partial charge in [0.05, 0.1) is 23.5 Å². The van der Waals surface area contributed by atoms with Crippen molar-refractivity contribution in [2.24, 2.45) is 0 Å². The van der Waals surface area contributed by atoms with Gasteiger partial charge in [0.1, 0.15) is 12.4 Å². The Bertz CT molecular complexity index is 1250. The molecule has 5 nitrogen and oxygen atoms in total. The van der Waals surface area contributed by atoms with E-state index in [1.165, 1.54) is 5.56 Å². The molecule has 0 aliphatic rings. The number of aryl methyl sites for hydroxylation is 1. The molecule has 0 saturated heterocycles. The highest BCUT2D eigenvalue weighted by molar-refractivity contribution is 6.35. The quantitative estimate of drug-likeness (QED) is 0.344. The van der Waals surface area contributed by atoms with Crippen LogP contribution in [0.5, 0.6) is 5.75 Å². The summed E-state index contributed by atoms with van der Waals surface area (Å²) in [7, 11) is 0. The molecule has 0 saturated carbocycles. The van der Waals surface area contributed by atoms with Crippen molar-refractivity contribution in [3.05, 3.63) is 111 Å². The van der Waals surface area contributed by atoms with Gasteiger partial charge in [0, 0.05) is 16.8 Å². The first-order valence-corrected chi connectivity index (χ1v) is 10.8. The maximum absolute atomic E-state index is 12.7. The summed E-state index contributed by atoms with van der Waals surface area (Å²) in [6.07, 6.45) is 3.46. The Balaban J connectivity index is 1.38. The van der Waals surface area contributed by atoms with E-state index in [1.807, 2.05) is 24.4 Å². The van der Waals surface area contributed by atoms with Crippen LogP contribution in [0.2, 0.25) is 10.0 Å². The lowest BCUT2D eigenvalue weighted by Gasteiger charge is -2.09. The van der Waals surface area contributed by atoms with Gasteiger partial charge in [-0.2, -0.15) is 5.10 Å². The topological polar surface area (TPSA) is 56.2 Å². The fourth-order valence-electron chi connectivity index (χ4n) is 3.27. The second kappa shape index (κ2) is 9.90. The predicted molar refractivity (Wildman–Crippen MR) is 128 cm³/mol. The van der Waals surface area contributed by atoms with Crippen molar-refractivity contribution in [2.75, 3.05) is 5.32 Å². The van der Waals surface area contributed by atoms with Crippen LogP contribution in [0.25, 0.3) is 0 Å². The zero-order chi connectivity index (χ0) is 22.5. The molecule has 162 valence electrons. The zero-order valence-electron chi connectivity index (χ0n) is 17.4. The molecule has 0 aliphatic carbocycles. The Morgan fingerprint density at radius 2 is 1.84 bits per heavy atom. The average Bonchev–Trinajstić information content (AvgIpc) is 3.20. The number of rotatable bonds is 7. The number of carbonyl (C=O) groups excluding carboxylic acids is 1. The lowest BCUT2D eigenvalue weighted by molar-refractivity contribution is 0.102. The predicted octanol–water partition coefficient (Wildman–Crippen LogP) is 6.38. The number of benzene rings is 3. The van der Waals surface area contributed by atoms with E-state index in [-0.39, 0.29) is 12.5 Å². The van der Waals surface area contributed by atoms with Crippen LogP contribution in [0.1, 0.15) is 27.0 Å². The van der Waals surface area contributed by atoms with Crippen molar-refractivity contribution < 1.29 is 9.53 Å². The summed E-state index contributed by atoms with van der Waals surface area (Å²) in [5, 5.41) is 8.22. The van der Waals surface area contributed by atoms with Crippen LogP contribution in [0, 0.1) is 6.92 Å². The van der Waals surface area contributed by atoms with E-state index in [9.17, 15) is 4.79 Å². The molecule has 4 aromatic rings. The van der Waals surface area contributed by atoms with Crippen LogP contribution in [-0.4, -0.2) is 15.7 Å². The van der Waals surface area contributed by atoms with Crippen molar-refractivity contribution in [1.29, 1.82) is 0 Å². The molecule has 7 heteroatoms. The van der Waals surface area contributed by atoms with Crippen molar-refractivity contribution in [2.45, 2.75) is 20.1 Å². The Kier molecular flexibility index (Phi) is 6.78. The van der Waals surface area contributed by atoms with Gasteiger partial charge in [-0.05, 0) is 48.4 Å². The van der Waals surface area contributed by atoms with Gasteiger partial charge in [0.2, 0.25) is 0 Å². The van der Waals surface area contributed by atoms with Gasteiger partial charge in [-0.3, -0.25) is 9.48 Å². The second-order valence-corrected chi connectivity index (χ2v) is 8.28. The lowest BCUT2D eigenvalue weighted by atomic mass is 10.1. The molecule has 32 heavy (non-hydrogen) atoms. The first-order chi connectivity index (χ1) is 15.5. The van der Waals surface area contributed by atoms with Crippen LogP contribution < -0.4 is 10.1 Å². The van der Waals surface area contributed by atoms with Gasteiger partial charge in [-0.1, -0.05) is 65.2 Å². The largest absolute Gasteiger partial charge is 0.487 e. The standard InChI is InChI=1S/C25H21Cl2N3O2/c1-17-4-2-5-18(10-17)14-30-15-22(13-28-30)29-25(31)20-7-3-6-19(11-20)16-32-24-9-8-21(26)12-23(24)27/h2-13,15H,14,16H2,1H3,(H,29,31). The summed E-state index contributed by atoms with van der Waals surface area (Å²) in [5.41, 5.74) is 4.36. The highest BCUT2D eigenvalue weighted by Crippen LogP contribution is 2.28. The van der Waals surface area contributed by atoms with E-state index in [2.05, 4.69) is 35.5 Å². The molecule has 1 N–H and O–H groups in total. The lowest BCUT2D eigenvalue weighted by Crippen LogP contribution is -2.12. The first-order valence-electron chi connectivity index (χ1n) is 10.0. The van der Waals surface area contributed by atoms with Gasteiger partial charge < -0.3 is 10.1 Å². The van der Waals surface area contributed by atoms with E-state index in [1.54, 1.807) is 41.2 Å². The number of nitrogens with one attached hydrogen (secondary N) is 1. The Morgan fingerprint density at radius 1 is 1.03 bits per heavy atom. The number of amides is 1. The molecule has 1 aromatic heterocycles. The third-order valence-corrected chi connectivity index (χ3v) is 5.33. The molecule has 0 radical (unpaired) electrons. The van der Waals surface area contributed by atoms with Crippen molar-refractivity contribution in [1.82, 2.24) is 9.78 Å². The fraction of sp³-hybridized carbons (Fsp3) is 0.120. The molecule has 0 bridgehead atoms. The molecule has 4 rings (SSSR count). The van der Waals surface area contributed by atoms with E-state index in [4.69, 9.17) is 27.9 Å². The van der Waals surface area contributed by atoms with Crippen molar-refractivity contribution in [3.63, 3.8) is 0 Å². The molecule has 0 fully saturated rings. The number of hydrogen-bond acceptors (Lipinski definition) is 3. The number of halogens is 2. The van der Waals surface area contributed by atoms with Crippen LogP contribution in [0.4, 0.5) is 5.69 Å². The highest BCUT2D eigenvalue weighted by atomic mass is 35.5. The first kappa shape index (κ1) is 21.9. The molecule has 1 amide bonds. The summed E-state index contributed by atoms with van der Waals surface area (Å²) >= 11 is 12.1. The van der Waals surface area contributed by atoms with E-state index in [0.29, 0.717) is 33.6 Å². The number of anilines is 1. The van der Waals surface area contributed by atoms with Crippen LogP contribution in [0.3, 0.4) is 0 Å². The van der Waals surface area contributed by atoms with Crippen molar-refractivity contribution in [3.8, 4) is 5.75 Å². The molecule has 0 unspecified atom stereocenters. The van der Waals surface area contributed by atoms with Gasteiger partial charge in [0.25, 0.3) is 5.91 Å². The average molecular weight is 466 g/mol. The fourth-order valence-corrected chi connectivity index (χ4v) is 3.73. The summed E-state index contributed by atoms with van der Waals surface area (Å²) in [6, 6.07) is 20.6. The minimum absolute atomic E-state index is 0.216. The van der Waals surface area contributed by atoms with Crippen LogP contribution >= 0.6 is 23.2 Å². The molecular weight excluding hydrogens is 445 g/mol. The van der Waals surface area contributed by atoms with Crippen molar-refractivity contribution >= 4 is 34.8 Å². The zero-order valence-corrected chi connectivity index (χ0v) is 18.9. The van der Waals surface area contributed by atoms with E-state index >= 15 is 0 Å². The van der Waals surface area contributed by atoms with Gasteiger partial charge in [-0.25, -0.2) is 0 Å². The molecule has 0 aliphatic heterocycles. The number of nitrogens with zero attached hydrogens (tertiary/aromatic N) is 2. The van der Waals surface area contributed by atoms with E-state index < -0.39 is 0 Å². The molecule has 0 spiro atoms. The van der Waals surface area contributed by atoms with Crippen LogP contribution in [-0.2, 0) is 13.2 Å². The Hall–Kier alpha value is -3.28. The normalized spacial score (nSPS) is 10.7. The SMILES string of the molecule is Cc1cccc(Cn2cc(NC(=O)c3cccc(COc4ccc(Cl)cc4Cl)c3)cn2)c1. The second-order valence-electron chi connectivity index (χ2n) is 7.43. The molecule has 0 atom stereocenters. The minimum Gasteiger partial charge on any atom is -0.487 e. The highest BCUT2D eigenvalue weighted by Gasteiger charge is 2.10. The molecular formula is C25H21Cl2N3O2. The number of hydrogen-bond donors (Lipinski definition) is 1. The Morgan fingerprint density at radius 3 is 2.66 bits per heavy atom. The number of aromatic nitrogens is 2. The maximum atomic E-state index is 12.7. The molecule has 1 heterocycles. The third-order valence-electron chi connectivity index (χ3n) is 4.80. The Labute approximate surface area is 196 Å². The monoisotopic (exact) mass is 465 g/mol. The summed E-state index contributed by atoms with van der Waals surface area (Å²) in [4.78, 5) is 12.7. The van der Waals surface area contributed by atoms with E-state index in [0.717, 1.165) is 11.1 Å². The summed E-state index contributed by atoms with van der Waals surface area (Å²) in [5.74, 6) is 0.318. The maximum Gasteiger partial charge on any atom is 0.255 e. The summed E-state index contributed by atoms with van der Waals surface area (Å²) < 4.78 is 7.56. The van der Waals surface area contributed by atoms with Gasteiger partial charge in [0.15, 0.2) is 0 Å². The third kappa shape index (κ3) is 5.69. The smallest absolute Gasteiger partial charge is 0.255 e. The van der Waals surface area contributed by atoms with Gasteiger partial charge >= 0.3 is 0 Å². The van der Waals surface area contributed by atoms with Crippen LogP contribution in [0.15, 0.2) is 79.1 Å². The molecule has 3 aromatic carbocycles. The number of ether oxygens (including phenoxy) is 1. The number of carbonyl (C=O) groups is 1. The minimum atomic E-state index is -0.216. The van der Waals surface area contributed by atoms with Gasteiger partial charge in [-0.15, -0.1) is 0 Å². The summed E-state index contributed by atoms with van der Waals surface area (Å²) in [6.45, 7) is 2.97.